The topological polar surface area (TPSA) is 75.0 Å². The van der Waals surface area contributed by atoms with Crippen molar-refractivity contribution in [3.63, 3.8) is 0 Å². The number of hydrogen-bond acceptors (Lipinski definition) is 3. The lowest BCUT2D eigenvalue weighted by molar-refractivity contribution is -0.130. The number of carbonyl (C=O) groups excluding carboxylic acids is 1. The van der Waals surface area contributed by atoms with Crippen LogP contribution in [0, 0.1) is 0 Å². The SMILES string of the molecule is CN(Cc1cn[nH]c1)C(=O)CCCCN. The maximum Gasteiger partial charge on any atom is 0.222 e. The largest absolute Gasteiger partial charge is 0.341 e. The number of aromatic amines is 1. The van der Waals surface area contributed by atoms with E-state index >= 15 is 0 Å². The van der Waals surface area contributed by atoms with Crippen LogP contribution in [0.4, 0.5) is 0 Å². The molecule has 1 rings (SSSR count). The molecule has 0 atom stereocenters. The van der Waals surface area contributed by atoms with E-state index in [1.165, 1.54) is 0 Å². The van der Waals surface area contributed by atoms with Gasteiger partial charge in [0.1, 0.15) is 0 Å². The van der Waals surface area contributed by atoms with E-state index in [4.69, 9.17) is 5.73 Å². The van der Waals surface area contributed by atoms with Crippen LogP contribution in [0.5, 0.6) is 0 Å². The number of hydrogen-bond donors (Lipinski definition) is 2. The second-order valence-electron chi connectivity index (χ2n) is 3.60. The molecule has 84 valence electrons. The number of rotatable bonds is 6. The first-order valence-corrected chi connectivity index (χ1v) is 5.15. The molecule has 0 spiro atoms. The monoisotopic (exact) mass is 210 g/mol. The van der Waals surface area contributed by atoms with Crippen molar-refractivity contribution in [1.82, 2.24) is 15.1 Å². The molecule has 0 aliphatic heterocycles. The molecular formula is C10H18N4O. The highest BCUT2D eigenvalue weighted by atomic mass is 16.2. The fourth-order valence-corrected chi connectivity index (χ4v) is 1.34. The lowest BCUT2D eigenvalue weighted by Gasteiger charge is -2.15. The molecule has 0 saturated heterocycles. The van der Waals surface area contributed by atoms with E-state index in [2.05, 4.69) is 10.2 Å². The minimum absolute atomic E-state index is 0.157. The second-order valence-corrected chi connectivity index (χ2v) is 3.60. The quantitative estimate of drug-likeness (QED) is 0.671. The highest BCUT2D eigenvalue weighted by molar-refractivity contribution is 5.75. The van der Waals surface area contributed by atoms with E-state index in [1.807, 2.05) is 0 Å². The summed E-state index contributed by atoms with van der Waals surface area (Å²) in [5, 5.41) is 6.55. The third kappa shape index (κ3) is 4.12. The van der Waals surface area contributed by atoms with Crippen molar-refractivity contribution < 1.29 is 4.79 Å². The minimum Gasteiger partial charge on any atom is -0.341 e. The van der Waals surface area contributed by atoms with Crippen LogP contribution in [-0.4, -0.2) is 34.6 Å². The van der Waals surface area contributed by atoms with Gasteiger partial charge in [-0.2, -0.15) is 5.10 Å². The number of nitrogens with zero attached hydrogens (tertiary/aromatic N) is 2. The molecule has 5 heteroatoms. The molecule has 0 aromatic carbocycles. The summed E-state index contributed by atoms with van der Waals surface area (Å²) >= 11 is 0. The molecule has 1 aromatic rings. The summed E-state index contributed by atoms with van der Waals surface area (Å²) in [4.78, 5) is 13.3. The summed E-state index contributed by atoms with van der Waals surface area (Å²) < 4.78 is 0. The third-order valence-corrected chi connectivity index (χ3v) is 2.25. The Morgan fingerprint density at radius 1 is 1.60 bits per heavy atom. The van der Waals surface area contributed by atoms with Gasteiger partial charge in [0.2, 0.25) is 5.91 Å². The number of H-pyrrole nitrogens is 1. The first kappa shape index (κ1) is 11.7. The van der Waals surface area contributed by atoms with Crippen LogP contribution >= 0.6 is 0 Å². The van der Waals surface area contributed by atoms with Crippen molar-refractivity contribution in [3.05, 3.63) is 18.0 Å². The van der Waals surface area contributed by atoms with Gasteiger partial charge in [0.05, 0.1) is 6.20 Å². The molecule has 1 aromatic heterocycles. The molecule has 0 bridgehead atoms. The Kier molecular flexibility index (Phi) is 4.83. The second kappa shape index (κ2) is 6.19. The summed E-state index contributed by atoms with van der Waals surface area (Å²) in [6.07, 6.45) is 5.87. The number of nitrogens with two attached hydrogens (primary N) is 1. The zero-order valence-corrected chi connectivity index (χ0v) is 9.07. The molecule has 0 radical (unpaired) electrons. The predicted octanol–water partition coefficient (Wildman–Crippen LogP) is 0.497. The fourth-order valence-electron chi connectivity index (χ4n) is 1.34. The Morgan fingerprint density at radius 2 is 2.40 bits per heavy atom. The summed E-state index contributed by atoms with van der Waals surface area (Å²) in [6.45, 7) is 1.26. The summed E-state index contributed by atoms with van der Waals surface area (Å²) in [6, 6.07) is 0. The smallest absolute Gasteiger partial charge is 0.222 e. The average Bonchev–Trinajstić information content (AvgIpc) is 2.70. The highest BCUT2D eigenvalue weighted by Crippen LogP contribution is 2.03. The Balaban J connectivity index is 2.27. The first-order chi connectivity index (χ1) is 7.24. The molecule has 1 heterocycles. The average molecular weight is 210 g/mol. The minimum atomic E-state index is 0.157. The van der Waals surface area contributed by atoms with Crippen molar-refractivity contribution >= 4 is 5.91 Å². The normalized spacial score (nSPS) is 10.3. The first-order valence-electron chi connectivity index (χ1n) is 5.15. The maximum absolute atomic E-state index is 11.6. The van der Waals surface area contributed by atoms with Crippen LogP contribution in [0.2, 0.25) is 0 Å². The fraction of sp³-hybridized carbons (Fsp3) is 0.600. The van der Waals surface area contributed by atoms with Crippen LogP contribution in [0.15, 0.2) is 12.4 Å². The molecule has 3 N–H and O–H groups in total. The standard InChI is InChI=1S/C10H18N4O/c1-14(8-9-6-12-13-7-9)10(15)4-2-3-5-11/h6-7H,2-5,8,11H2,1H3,(H,12,13). The van der Waals surface area contributed by atoms with Gasteiger partial charge in [-0.05, 0) is 19.4 Å². The van der Waals surface area contributed by atoms with Crippen LogP contribution in [0.1, 0.15) is 24.8 Å². The number of nitrogens with one attached hydrogen (secondary N) is 1. The molecule has 0 aliphatic rings. The number of unbranched alkanes of at least 4 members (excludes halogenated alkanes) is 1. The van der Waals surface area contributed by atoms with Crippen molar-refractivity contribution in [1.29, 1.82) is 0 Å². The summed E-state index contributed by atoms with van der Waals surface area (Å²) in [5.74, 6) is 0.157. The Bertz CT molecular complexity index is 284. The summed E-state index contributed by atoms with van der Waals surface area (Å²) in [7, 11) is 1.80. The maximum atomic E-state index is 11.6. The van der Waals surface area contributed by atoms with Crippen LogP contribution in [0.3, 0.4) is 0 Å². The Morgan fingerprint density at radius 3 is 3.00 bits per heavy atom. The van der Waals surface area contributed by atoms with Gasteiger partial charge >= 0.3 is 0 Å². The van der Waals surface area contributed by atoms with E-state index in [0.29, 0.717) is 19.5 Å². The lowest BCUT2D eigenvalue weighted by atomic mass is 10.2. The highest BCUT2D eigenvalue weighted by Gasteiger charge is 2.08. The van der Waals surface area contributed by atoms with Gasteiger partial charge < -0.3 is 10.6 Å². The zero-order valence-electron chi connectivity index (χ0n) is 9.07. The molecule has 15 heavy (non-hydrogen) atoms. The number of aromatic nitrogens is 2. The van der Waals surface area contributed by atoms with Crippen molar-refractivity contribution in [2.75, 3.05) is 13.6 Å². The molecule has 0 aliphatic carbocycles. The molecule has 1 amide bonds. The zero-order chi connectivity index (χ0) is 11.1. The molecule has 0 fully saturated rings. The van der Waals surface area contributed by atoms with E-state index in [-0.39, 0.29) is 5.91 Å². The lowest BCUT2D eigenvalue weighted by Crippen LogP contribution is -2.25. The van der Waals surface area contributed by atoms with Crippen LogP contribution in [-0.2, 0) is 11.3 Å². The third-order valence-electron chi connectivity index (χ3n) is 2.25. The van der Waals surface area contributed by atoms with Crippen molar-refractivity contribution in [2.45, 2.75) is 25.8 Å². The molecule has 0 unspecified atom stereocenters. The van der Waals surface area contributed by atoms with Crippen molar-refractivity contribution in [3.8, 4) is 0 Å². The van der Waals surface area contributed by atoms with E-state index < -0.39 is 0 Å². The van der Waals surface area contributed by atoms with Crippen molar-refractivity contribution in [2.24, 2.45) is 5.73 Å². The van der Waals surface area contributed by atoms with Crippen LogP contribution < -0.4 is 5.73 Å². The van der Waals surface area contributed by atoms with Gasteiger partial charge in [0, 0.05) is 31.8 Å². The number of amides is 1. The molecule has 0 saturated carbocycles. The summed E-state index contributed by atoms with van der Waals surface area (Å²) in [5.41, 5.74) is 6.38. The Labute approximate surface area is 89.6 Å². The van der Waals surface area contributed by atoms with Gasteiger partial charge in [-0.15, -0.1) is 0 Å². The van der Waals surface area contributed by atoms with Crippen LogP contribution in [0.25, 0.3) is 0 Å². The molecular weight excluding hydrogens is 192 g/mol. The van der Waals surface area contributed by atoms with Gasteiger partial charge in [0.25, 0.3) is 0 Å². The Hall–Kier alpha value is -1.36. The van der Waals surface area contributed by atoms with E-state index in [1.54, 1.807) is 24.3 Å². The predicted molar refractivity (Wildman–Crippen MR) is 58.0 cm³/mol. The van der Waals surface area contributed by atoms with Gasteiger partial charge in [-0.3, -0.25) is 9.89 Å². The molecule has 5 nitrogen and oxygen atoms in total. The van der Waals surface area contributed by atoms with Gasteiger partial charge in [-0.1, -0.05) is 0 Å². The number of carbonyl (C=O) groups is 1. The van der Waals surface area contributed by atoms with E-state index in [9.17, 15) is 4.79 Å². The van der Waals surface area contributed by atoms with E-state index in [0.717, 1.165) is 18.4 Å². The van der Waals surface area contributed by atoms with Gasteiger partial charge in [0.15, 0.2) is 0 Å². The van der Waals surface area contributed by atoms with Gasteiger partial charge in [-0.25, -0.2) is 0 Å².